The Bertz CT molecular complexity index is 592. The van der Waals surface area contributed by atoms with Crippen molar-refractivity contribution in [3.63, 3.8) is 0 Å². The molecule has 100 valence electrons. The van der Waals surface area contributed by atoms with E-state index >= 15 is 0 Å². The first-order valence-corrected chi connectivity index (χ1v) is 5.92. The molecule has 1 aromatic carbocycles. The number of hydrogen-bond acceptors (Lipinski definition) is 3. The Morgan fingerprint density at radius 1 is 1.37 bits per heavy atom. The van der Waals surface area contributed by atoms with E-state index in [0.717, 1.165) is 17.8 Å². The number of H-pyrrole nitrogens is 1. The number of nitrogens with two attached hydrogens (primary N) is 1. The molecule has 0 spiro atoms. The van der Waals surface area contributed by atoms with Gasteiger partial charge in [-0.25, -0.2) is 4.98 Å². The second-order valence-corrected chi connectivity index (χ2v) is 4.68. The van der Waals surface area contributed by atoms with Crippen LogP contribution in [-0.2, 0) is 6.18 Å². The summed E-state index contributed by atoms with van der Waals surface area (Å²) in [6, 6.07) is 3.48. The average molecular weight is 286 g/mol. The molecule has 0 aliphatic heterocycles. The molecule has 4 N–H and O–H groups in total. The number of benzene rings is 1. The topological polar surface area (TPSA) is 78.6 Å². The van der Waals surface area contributed by atoms with Crippen LogP contribution in [0.3, 0.4) is 0 Å². The van der Waals surface area contributed by atoms with Crippen LogP contribution in [0.2, 0.25) is 0 Å². The van der Waals surface area contributed by atoms with E-state index < -0.39 is 17.6 Å². The van der Waals surface area contributed by atoms with Gasteiger partial charge in [0.05, 0.1) is 5.56 Å². The van der Waals surface area contributed by atoms with Crippen LogP contribution in [0.5, 0.6) is 0 Å². The Balaban J connectivity index is 2.39. The lowest BCUT2D eigenvalue weighted by molar-refractivity contribution is -0.137. The van der Waals surface area contributed by atoms with Gasteiger partial charge in [-0.3, -0.25) is 5.41 Å². The first kappa shape index (κ1) is 13.5. The normalized spacial score (nSPS) is 11.5. The van der Waals surface area contributed by atoms with Crippen LogP contribution < -0.4 is 5.73 Å². The molecule has 0 fully saturated rings. The zero-order valence-corrected chi connectivity index (χ0v) is 10.3. The third kappa shape index (κ3) is 3.08. The number of aromatic amines is 1. The van der Waals surface area contributed by atoms with Gasteiger partial charge in [0, 0.05) is 22.9 Å². The van der Waals surface area contributed by atoms with E-state index in [0.29, 0.717) is 10.1 Å². The van der Waals surface area contributed by atoms with Crippen LogP contribution in [-0.4, -0.2) is 15.8 Å². The molecular weight excluding hydrogens is 277 g/mol. The highest BCUT2D eigenvalue weighted by atomic mass is 32.2. The van der Waals surface area contributed by atoms with Crippen LogP contribution in [0, 0.1) is 5.41 Å². The molecule has 0 atom stereocenters. The Hall–Kier alpha value is -1.96. The van der Waals surface area contributed by atoms with Gasteiger partial charge in [0.15, 0.2) is 5.16 Å². The first-order chi connectivity index (χ1) is 8.88. The molecule has 0 saturated carbocycles. The number of alkyl halides is 3. The SMILES string of the molecule is N=C(N)c1cc(Sc2ncc[nH]2)ccc1C(F)(F)F. The lowest BCUT2D eigenvalue weighted by Gasteiger charge is -2.12. The molecule has 0 unspecified atom stereocenters. The summed E-state index contributed by atoms with van der Waals surface area (Å²) in [5, 5.41) is 7.80. The largest absolute Gasteiger partial charge is 0.417 e. The van der Waals surface area contributed by atoms with E-state index in [9.17, 15) is 13.2 Å². The number of nitrogen functional groups attached to an aromatic ring is 1. The van der Waals surface area contributed by atoms with Crippen molar-refractivity contribution in [3.05, 3.63) is 41.7 Å². The minimum Gasteiger partial charge on any atom is -0.384 e. The lowest BCUT2D eigenvalue weighted by atomic mass is 10.1. The van der Waals surface area contributed by atoms with Crippen molar-refractivity contribution in [2.24, 2.45) is 5.73 Å². The smallest absolute Gasteiger partial charge is 0.384 e. The Morgan fingerprint density at radius 3 is 2.63 bits per heavy atom. The van der Waals surface area contributed by atoms with E-state index in [2.05, 4.69) is 9.97 Å². The number of rotatable bonds is 3. The summed E-state index contributed by atoms with van der Waals surface area (Å²) in [6.45, 7) is 0. The maximum Gasteiger partial charge on any atom is 0.417 e. The number of halogens is 3. The highest BCUT2D eigenvalue weighted by Gasteiger charge is 2.34. The highest BCUT2D eigenvalue weighted by Crippen LogP contribution is 2.35. The second kappa shape index (κ2) is 4.96. The third-order valence-corrected chi connectivity index (χ3v) is 3.18. The number of hydrogen-bond donors (Lipinski definition) is 3. The number of imidazole rings is 1. The molecule has 1 heterocycles. The summed E-state index contributed by atoms with van der Waals surface area (Å²) in [5.74, 6) is -0.616. The average Bonchev–Trinajstić information content (AvgIpc) is 2.80. The summed E-state index contributed by atoms with van der Waals surface area (Å²) in [7, 11) is 0. The van der Waals surface area contributed by atoms with E-state index in [4.69, 9.17) is 11.1 Å². The molecule has 2 aromatic rings. The molecular formula is C11H9F3N4S. The maximum absolute atomic E-state index is 12.7. The van der Waals surface area contributed by atoms with Crippen molar-refractivity contribution in [3.8, 4) is 0 Å². The number of amidine groups is 1. The van der Waals surface area contributed by atoms with E-state index in [1.807, 2.05) is 0 Å². The molecule has 0 aliphatic carbocycles. The highest BCUT2D eigenvalue weighted by molar-refractivity contribution is 7.99. The monoisotopic (exact) mass is 286 g/mol. The maximum atomic E-state index is 12.7. The van der Waals surface area contributed by atoms with Crippen LogP contribution in [0.4, 0.5) is 13.2 Å². The molecule has 0 amide bonds. The van der Waals surface area contributed by atoms with Gasteiger partial charge in [-0.15, -0.1) is 0 Å². The fourth-order valence-electron chi connectivity index (χ4n) is 1.48. The summed E-state index contributed by atoms with van der Waals surface area (Å²) in [5.41, 5.74) is 3.96. The van der Waals surface area contributed by atoms with Gasteiger partial charge in [0.25, 0.3) is 0 Å². The van der Waals surface area contributed by atoms with Gasteiger partial charge in [0.1, 0.15) is 5.84 Å². The van der Waals surface area contributed by atoms with E-state index in [-0.39, 0.29) is 5.56 Å². The van der Waals surface area contributed by atoms with Crippen LogP contribution in [0.25, 0.3) is 0 Å². The zero-order chi connectivity index (χ0) is 14.0. The Kier molecular flexibility index (Phi) is 3.52. The van der Waals surface area contributed by atoms with Crippen LogP contribution >= 0.6 is 11.8 Å². The molecule has 0 radical (unpaired) electrons. The van der Waals surface area contributed by atoms with Gasteiger partial charge >= 0.3 is 6.18 Å². The van der Waals surface area contributed by atoms with Crippen molar-refractivity contribution in [2.75, 3.05) is 0 Å². The van der Waals surface area contributed by atoms with Crippen molar-refractivity contribution < 1.29 is 13.2 Å². The fraction of sp³-hybridized carbons (Fsp3) is 0.0909. The quantitative estimate of drug-likeness (QED) is 0.599. The van der Waals surface area contributed by atoms with Crippen molar-refractivity contribution in [1.29, 1.82) is 5.41 Å². The Labute approximate surface area is 110 Å². The fourth-order valence-corrected chi connectivity index (χ4v) is 2.25. The molecule has 4 nitrogen and oxygen atoms in total. The van der Waals surface area contributed by atoms with E-state index in [1.165, 1.54) is 18.3 Å². The zero-order valence-electron chi connectivity index (χ0n) is 9.45. The first-order valence-electron chi connectivity index (χ1n) is 5.11. The number of nitrogens with zero attached hydrogens (tertiary/aromatic N) is 1. The van der Waals surface area contributed by atoms with Gasteiger partial charge in [-0.05, 0) is 18.2 Å². The molecule has 0 bridgehead atoms. The molecule has 0 aliphatic rings. The minimum absolute atomic E-state index is 0.330. The number of nitrogens with one attached hydrogen (secondary N) is 2. The molecule has 19 heavy (non-hydrogen) atoms. The van der Waals surface area contributed by atoms with Crippen molar-refractivity contribution in [2.45, 2.75) is 16.2 Å². The Morgan fingerprint density at radius 2 is 2.11 bits per heavy atom. The van der Waals surface area contributed by atoms with Crippen LogP contribution in [0.1, 0.15) is 11.1 Å². The van der Waals surface area contributed by atoms with E-state index in [1.54, 1.807) is 6.20 Å². The van der Waals surface area contributed by atoms with Gasteiger partial charge < -0.3 is 10.7 Å². The molecule has 0 saturated heterocycles. The van der Waals surface area contributed by atoms with Gasteiger partial charge in [-0.2, -0.15) is 13.2 Å². The molecule has 8 heteroatoms. The minimum atomic E-state index is -4.53. The standard InChI is InChI=1S/C11H9F3N4S/c12-11(13,14)8-2-1-6(5-7(8)9(15)16)19-10-17-3-4-18-10/h1-5H,(H3,15,16)(H,17,18). The summed E-state index contributed by atoms with van der Waals surface area (Å²) in [6.07, 6.45) is -1.38. The molecule has 2 rings (SSSR count). The van der Waals surface area contributed by atoms with Gasteiger partial charge in [0.2, 0.25) is 0 Å². The second-order valence-electron chi connectivity index (χ2n) is 3.62. The number of aromatic nitrogens is 2. The van der Waals surface area contributed by atoms with Crippen molar-refractivity contribution >= 4 is 17.6 Å². The predicted molar refractivity (Wildman–Crippen MR) is 65.2 cm³/mol. The summed E-state index contributed by atoms with van der Waals surface area (Å²) in [4.78, 5) is 7.30. The molecule has 1 aromatic heterocycles. The summed E-state index contributed by atoms with van der Waals surface area (Å²) >= 11 is 1.16. The van der Waals surface area contributed by atoms with Crippen molar-refractivity contribution in [1.82, 2.24) is 9.97 Å². The third-order valence-electron chi connectivity index (χ3n) is 2.27. The lowest BCUT2D eigenvalue weighted by Crippen LogP contribution is -2.18. The van der Waals surface area contributed by atoms with Crippen LogP contribution in [0.15, 0.2) is 40.6 Å². The van der Waals surface area contributed by atoms with Gasteiger partial charge in [-0.1, -0.05) is 11.8 Å². The summed E-state index contributed by atoms with van der Waals surface area (Å²) < 4.78 is 38.2. The predicted octanol–water partition coefficient (Wildman–Crippen LogP) is 2.86.